The van der Waals surface area contributed by atoms with Gasteiger partial charge in [-0.1, -0.05) is 23.4 Å². The SMILES string of the molecule is O=C(NCc1nn[nH]n1)c1cc2ccccc2oc1=O. The van der Waals surface area contributed by atoms with Crippen LogP contribution in [0.1, 0.15) is 16.2 Å². The zero-order valence-electron chi connectivity index (χ0n) is 10.2. The third-order valence-corrected chi connectivity index (χ3v) is 2.68. The van der Waals surface area contributed by atoms with E-state index in [0.29, 0.717) is 16.8 Å². The molecule has 0 bridgehead atoms. The average molecular weight is 271 g/mol. The summed E-state index contributed by atoms with van der Waals surface area (Å²) in [6, 6.07) is 8.46. The summed E-state index contributed by atoms with van der Waals surface area (Å²) in [6.07, 6.45) is 0. The van der Waals surface area contributed by atoms with E-state index in [2.05, 4.69) is 25.9 Å². The van der Waals surface area contributed by atoms with Gasteiger partial charge in [0.25, 0.3) is 5.91 Å². The number of para-hydroxylation sites is 1. The lowest BCUT2D eigenvalue weighted by atomic mass is 10.2. The summed E-state index contributed by atoms with van der Waals surface area (Å²) in [7, 11) is 0. The number of carbonyl (C=O) groups is 1. The van der Waals surface area contributed by atoms with Crippen molar-refractivity contribution in [1.82, 2.24) is 25.9 Å². The molecule has 0 saturated heterocycles. The Morgan fingerprint density at radius 3 is 3.00 bits per heavy atom. The van der Waals surface area contributed by atoms with E-state index in [1.165, 1.54) is 6.07 Å². The molecule has 0 fully saturated rings. The fourth-order valence-electron chi connectivity index (χ4n) is 1.73. The first-order valence-corrected chi connectivity index (χ1v) is 5.77. The van der Waals surface area contributed by atoms with Crippen molar-refractivity contribution in [1.29, 1.82) is 0 Å². The highest BCUT2D eigenvalue weighted by Crippen LogP contribution is 2.12. The molecule has 8 nitrogen and oxygen atoms in total. The van der Waals surface area contributed by atoms with Gasteiger partial charge in [0.2, 0.25) is 0 Å². The van der Waals surface area contributed by atoms with Gasteiger partial charge in [0.1, 0.15) is 11.1 Å². The summed E-state index contributed by atoms with van der Waals surface area (Å²) in [5.41, 5.74) is -0.311. The normalized spacial score (nSPS) is 10.6. The number of H-pyrrole nitrogens is 1. The molecule has 3 aromatic rings. The van der Waals surface area contributed by atoms with Crippen LogP contribution in [-0.4, -0.2) is 26.5 Å². The Hall–Kier alpha value is -3.03. The minimum Gasteiger partial charge on any atom is -0.422 e. The third kappa shape index (κ3) is 2.26. The van der Waals surface area contributed by atoms with E-state index in [9.17, 15) is 9.59 Å². The maximum Gasteiger partial charge on any atom is 0.349 e. The summed E-state index contributed by atoms with van der Waals surface area (Å²) >= 11 is 0. The van der Waals surface area contributed by atoms with Crippen LogP contribution in [0.5, 0.6) is 0 Å². The van der Waals surface area contributed by atoms with Crippen molar-refractivity contribution in [2.45, 2.75) is 6.54 Å². The molecule has 20 heavy (non-hydrogen) atoms. The third-order valence-electron chi connectivity index (χ3n) is 2.68. The van der Waals surface area contributed by atoms with Crippen molar-refractivity contribution in [3.05, 3.63) is 52.1 Å². The lowest BCUT2D eigenvalue weighted by Gasteiger charge is -2.02. The number of hydrogen-bond acceptors (Lipinski definition) is 6. The van der Waals surface area contributed by atoms with Crippen molar-refractivity contribution in [2.75, 3.05) is 0 Å². The molecule has 0 aliphatic rings. The standard InChI is InChI=1S/C12H9N5O3/c18-11(13-6-10-14-16-17-15-10)8-5-7-3-1-2-4-9(7)20-12(8)19/h1-5H,6H2,(H,13,18)(H,14,15,16,17). The number of amides is 1. The van der Waals surface area contributed by atoms with Gasteiger partial charge in [0, 0.05) is 5.39 Å². The first-order chi connectivity index (χ1) is 9.74. The van der Waals surface area contributed by atoms with Gasteiger partial charge in [-0.3, -0.25) is 4.79 Å². The highest BCUT2D eigenvalue weighted by Gasteiger charge is 2.13. The number of tetrazole rings is 1. The fourth-order valence-corrected chi connectivity index (χ4v) is 1.73. The van der Waals surface area contributed by atoms with Gasteiger partial charge in [0.05, 0.1) is 6.54 Å². The second-order valence-electron chi connectivity index (χ2n) is 4.00. The largest absolute Gasteiger partial charge is 0.422 e. The minimum absolute atomic E-state index is 0.0628. The maximum absolute atomic E-state index is 11.9. The van der Waals surface area contributed by atoms with E-state index in [1.807, 2.05) is 0 Å². The van der Waals surface area contributed by atoms with E-state index >= 15 is 0 Å². The number of aromatic nitrogens is 4. The molecule has 0 unspecified atom stereocenters. The number of aromatic amines is 1. The predicted molar refractivity (Wildman–Crippen MR) is 67.8 cm³/mol. The Morgan fingerprint density at radius 2 is 2.20 bits per heavy atom. The van der Waals surface area contributed by atoms with Gasteiger partial charge in [-0.2, -0.15) is 5.21 Å². The number of carbonyl (C=O) groups excluding carboxylic acids is 1. The molecule has 0 saturated carbocycles. The molecule has 0 atom stereocenters. The summed E-state index contributed by atoms with van der Waals surface area (Å²) in [5.74, 6) is -0.224. The molecule has 3 rings (SSSR count). The Balaban J connectivity index is 1.87. The lowest BCUT2D eigenvalue weighted by molar-refractivity contribution is 0.0946. The van der Waals surface area contributed by atoms with Gasteiger partial charge < -0.3 is 9.73 Å². The van der Waals surface area contributed by atoms with Gasteiger partial charge >= 0.3 is 5.63 Å². The summed E-state index contributed by atoms with van der Waals surface area (Å²) in [6.45, 7) is 0.0710. The first-order valence-electron chi connectivity index (χ1n) is 5.77. The second-order valence-corrected chi connectivity index (χ2v) is 4.00. The summed E-state index contributed by atoms with van der Waals surface area (Å²) in [5, 5.41) is 16.2. The van der Waals surface area contributed by atoms with Gasteiger partial charge in [-0.05, 0) is 12.1 Å². The molecule has 0 aliphatic heterocycles. The molecule has 1 aromatic carbocycles. The number of hydrogen-bond donors (Lipinski definition) is 2. The van der Waals surface area contributed by atoms with Crippen LogP contribution in [0.25, 0.3) is 11.0 Å². The van der Waals surface area contributed by atoms with Crippen LogP contribution in [0.15, 0.2) is 39.5 Å². The molecule has 2 aromatic heterocycles. The highest BCUT2D eigenvalue weighted by atomic mass is 16.4. The van der Waals surface area contributed by atoms with Crippen molar-refractivity contribution in [2.24, 2.45) is 0 Å². The Labute approximate surface area is 111 Å². The van der Waals surface area contributed by atoms with E-state index in [0.717, 1.165) is 0 Å². The average Bonchev–Trinajstić information content (AvgIpc) is 2.97. The Kier molecular flexibility index (Phi) is 2.96. The van der Waals surface area contributed by atoms with Crippen molar-refractivity contribution >= 4 is 16.9 Å². The fraction of sp³-hybridized carbons (Fsp3) is 0.0833. The molecule has 0 spiro atoms. The first kappa shape index (κ1) is 12.0. The lowest BCUT2D eigenvalue weighted by Crippen LogP contribution is -2.28. The molecule has 0 aliphatic carbocycles. The number of nitrogens with one attached hydrogen (secondary N) is 2. The molecule has 8 heteroatoms. The van der Waals surface area contributed by atoms with E-state index in [-0.39, 0.29) is 12.1 Å². The van der Waals surface area contributed by atoms with Crippen LogP contribution in [0.2, 0.25) is 0 Å². The Morgan fingerprint density at radius 1 is 1.35 bits per heavy atom. The molecule has 2 heterocycles. The van der Waals surface area contributed by atoms with Crippen LogP contribution in [0.3, 0.4) is 0 Å². The van der Waals surface area contributed by atoms with Crippen LogP contribution >= 0.6 is 0 Å². The zero-order valence-corrected chi connectivity index (χ0v) is 10.2. The molecule has 100 valence electrons. The van der Waals surface area contributed by atoms with Crippen molar-refractivity contribution in [3.63, 3.8) is 0 Å². The quantitative estimate of drug-likeness (QED) is 0.659. The van der Waals surface area contributed by atoms with E-state index < -0.39 is 11.5 Å². The number of benzene rings is 1. The number of nitrogens with zero attached hydrogens (tertiary/aromatic N) is 3. The summed E-state index contributed by atoms with van der Waals surface area (Å²) < 4.78 is 5.08. The van der Waals surface area contributed by atoms with Gasteiger partial charge in [0.15, 0.2) is 5.82 Å². The zero-order chi connectivity index (χ0) is 13.9. The summed E-state index contributed by atoms with van der Waals surface area (Å²) in [4.78, 5) is 23.7. The van der Waals surface area contributed by atoms with Crippen LogP contribution in [0.4, 0.5) is 0 Å². The monoisotopic (exact) mass is 271 g/mol. The maximum atomic E-state index is 11.9. The molecular formula is C12H9N5O3. The van der Waals surface area contributed by atoms with Crippen molar-refractivity contribution < 1.29 is 9.21 Å². The smallest absolute Gasteiger partial charge is 0.349 e. The second kappa shape index (κ2) is 4.92. The van der Waals surface area contributed by atoms with E-state index in [4.69, 9.17) is 4.42 Å². The van der Waals surface area contributed by atoms with Gasteiger partial charge in [-0.25, -0.2) is 4.79 Å². The topological polar surface area (TPSA) is 114 Å². The number of rotatable bonds is 3. The van der Waals surface area contributed by atoms with Crippen LogP contribution in [-0.2, 0) is 6.54 Å². The molecular weight excluding hydrogens is 262 g/mol. The molecule has 0 radical (unpaired) electrons. The highest BCUT2D eigenvalue weighted by molar-refractivity contribution is 5.96. The Bertz CT molecular complexity index is 809. The number of fused-ring (bicyclic) bond motifs is 1. The van der Waals surface area contributed by atoms with E-state index in [1.54, 1.807) is 24.3 Å². The molecule has 2 N–H and O–H groups in total. The van der Waals surface area contributed by atoms with Gasteiger partial charge in [-0.15, -0.1) is 10.2 Å². The van der Waals surface area contributed by atoms with Crippen LogP contribution < -0.4 is 10.9 Å². The van der Waals surface area contributed by atoms with Crippen molar-refractivity contribution in [3.8, 4) is 0 Å². The predicted octanol–water partition coefficient (Wildman–Crippen LogP) is 0.236. The van der Waals surface area contributed by atoms with Crippen LogP contribution in [0, 0.1) is 0 Å². The minimum atomic E-state index is -0.686. The molecule has 1 amide bonds.